The molecule has 126 valence electrons. The maximum absolute atomic E-state index is 5.63. The highest BCUT2D eigenvalue weighted by Crippen LogP contribution is 2.31. The number of nitrogens with zero attached hydrogens (tertiary/aromatic N) is 3. The molecule has 0 saturated carbocycles. The van der Waals surface area contributed by atoms with E-state index in [4.69, 9.17) is 9.47 Å². The van der Waals surface area contributed by atoms with Gasteiger partial charge in [-0.1, -0.05) is 18.2 Å². The molecule has 3 aromatic rings. The molecule has 2 heterocycles. The van der Waals surface area contributed by atoms with E-state index in [1.807, 2.05) is 53.9 Å². The molecule has 0 aliphatic carbocycles. The fraction of sp³-hybridized carbons (Fsp3) is 0.333. The predicted molar refractivity (Wildman–Crippen MR) is 92.4 cm³/mol. The quantitative estimate of drug-likeness (QED) is 0.723. The van der Waals surface area contributed by atoms with Gasteiger partial charge in [0, 0.05) is 18.3 Å². The highest BCUT2D eigenvalue weighted by atomic mass is 16.5. The largest absolute Gasteiger partial charge is 0.493 e. The van der Waals surface area contributed by atoms with E-state index in [1.165, 1.54) is 0 Å². The third-order valence-electron chi connectivity index (χ3n) is 3.89. The summed E-state index contributed by atoms with van der Waals surface area (Å²) in [5, 5.41) is 12.0. The molecule has 0 spiro atoms. The average molecular weight is 326 g/mol. The first-order valence-electron chi connectivity index (χ1n) is 8.06. The zero-order valence-electron chi connectivity index (χ0n) is 14.2. The molecule has 2 aromatic heterocycles. The van der Waals surface area contributed by atoms with Crippen LogP contribution in [0.2, 0.25) is 0 Å². The minimum absolute atomic E-state index is 0.0443. The van der Waals surface area contributed by atoms with Crippen LogP contribution in [0.15, 0.2) is 42.6 Å². The van der Waals surface area contributed by atoms with Crippen molar-refractivity contribution in [1.82, 2.24) is 19.9 Å². The van der Waals surface area contributed by atoms with Crippen LogP contribution in [-0.4, -0.2) is 28.3 Å². The number of benzene rings is 1. The number of aromatic nitrogens is 3. The summed E-state index contributed by atoms with van der Waals surface area (Å²) in [5.74, 6) is 2.41. The van der Waals surface area contributed by atoms with Gasteiger partial charge in [0.1, 0.15) is 0 Å². The molecule has 1 aromatic carbocycles. The van der Waals surface area contributed by atoms with E-state index in [0.29, 0.717) is 13.2 Å². The molecule has 0 amide bonds. The summed E-state index contributed by atoms with van der Waals surface area (Å²) in [4.78, 5) is 0. The van der Waals surface area contributed by atoms with Crippen molar-refractivity contribution in [2.75, 3.05) is 13.7 Å². The topological polar surface area (TPSA) is 60.7 Å². The molecule has 0 aliphatic heterocycles. The Bertz CT molecular complexity index is 816. The molecule has 1 unspecified atom stereocenters. The van der Waals surface area contributed by atoms with E-state index in [2.05, 4.69) is 22.4 Å². The maximum atomic E-state index is 5.63. The summed E-state index contributed by atoms with van der Waals surface area (Å²) < 4.78 is 13.1. The van der Waals surface area contributed by atoms with Gasteiger partial charge in [-0.05, 0) is 32.0 Å². The van der Waals surface area contributed by atoms with Crippen molar-refractivity contribution >= 4 is 5.65 Å². The molecule has 0 saturated heterocycles. The summed E-state index contributed by atoms with van der Waals surface area (Å²) in [6, 6.07) is 11.8. The van der Waals surface area contributed by atoms with Crippen LogP contribution in [-0.2, 0) is 6.54 Å². The summed E-state index contributed by atoms with van der Waals surface area (Å²) in [7, 11) is 1.66. The first-order valence-corrected chi connectivity index (χ1v) is 8.06. The number of pyridine rings is 1. The summed E-state index contributed by atoms with van der Waals surface area (Å²) in [6.07, 6.45) is 1.97. The van der Waals surface area contributed by atoms with Crippen molar-refractivity contribution in [3.05, 3.63) is 54.0 Å². The van der Waals surface area contributed by atoms with Gasteiger partial charge in [-0.25, -0.2) is 0 Å². The van der Waals surface area contributed by atoms with Crippen LogP contribution in [0.4, 0.5) is 0 Å². The van der Waals surface area contributed by atoms with Crippen LogP contribution in [0.5, 0.6) is 11.5 Å². The second kappa shape index (κ2) is 7.31. The molecule has 0 aliphatic rings. The molecule has 6 nitrogen and oxygen atoms in total. The predicted octanol–water partition coefficient (Wildman–Crippen LogP) is 2.99. The fourth-order valence-electron chi connectivity index (χ4n) is 2.71. The SMILES string of the molecule is CCOc1cccc(CNC(C)c2nnc3ccccn23)c1OC. The van der Waals surface area contributed by atoms with E-state index in [1.54, 1.807) is 7.11 Å². The van der Waals surface area contributed by atoms with E-state index in [0.717, 1.165) is 28.5 Å². The number of nitrogens with one attached hydrogen (secondary N) is 1. The Kier molecular flexibility index (Phi) is 4.96. The second-order valence-electron chi connectivity index (χ2n) is 5.47. The first kappa shape index (κ1) is 16.3. The number of para-hydroxylation sites is 1. The third-order valence-corrected chi connectivity index (χ3v) is 3.89. The lowest BCUT2D eigenvalue weighted by Crippen LogP contribution is -2.20. The molecule has 6 heteroatoms. The number of ether oxygens (including phenoxy) is 2. The van der Waals surface area contributed by atoms with Crippen LogP contribution in [0.1, 0.15) is 31.3 Å². The molecule has 0 bridgehead atoms. The highest BCUT2D eigenvalue weighted by molar-refractivity contribution is 5.46. The smallest absolute Gasteiger partial charge is 0.165 e. The molecule has 1 N–H and O–H groups in total. The summed E-state index contributed by atoms with van der Waals surface area (Å²) in [5.41, 5.74) is 1.89. The Labute approximate surface area is 141 Å². The van der Waals surface area contributed by atoms with Gasteiger partial charge in [0.2, 0.25) is 0 Å². The number of hydrogen-bond acceptors (Lipinski definition) is 5. The summed E-state index contributed by atoms with van der Waals surface area (Å²) >= 11 is 0. The van der Waals surface area contributed by atoms with E-state index in [9.17, 15) is 0 Å². The lowest BCUT2D eigenvalue weighted by molar-refractivity contribution is 0.308. The van der Waals surface area contributed by atoms with Crippen LogP contribution in [0.3, 0.4) is 0 Å². The van der Waals surface area contributed by atoms with E-state index >= 15 is 0 Å². The Morgan fingerprint density at radius 1 is 1.17 bits per heavy atom. The minimum atomic E-state index is 0.0443. The van der Waals surface area contributed by atoms with Crippen molar-refractivity contribution in [2.45, 2.75) is 26.4 Å². The molecular formula is C18H22N4O2. The fourth-order valence-corrected chi connectivity index (χ4v) is 2.71. The second-order valence-corrected chi connectivity index (χ2v) is 5.47. The van der Waals surface area contributed by atoms with Crippen molar-refractivity contribution in [2.24, 2.45) is 0 Å². The standard InChI is InChI=1S/C18H22N4O2/c1-4-24-15-9-7-8-14(17(15)23-3)12-19-13(2)18-21-20-16-10-5-6-11-22(16)18/h5-11,13,19H,4,12H2,1-3H3. The van der Waals surface area contributed by atoms with Crippen LogP contribution < -0.4 is 14.8 Å². The number of fused-ring (bicyclic) bond motifs is 1. The lowest BCUT2D eigenvalue weighted by Gasteiger charge is -2.16. The molecule has 3 rings (SSSR count). The Morgan fingerprint density at radius 3 is 2.83 bits per heavy atom. The van der Waals surface area contributed by atoms with E-state index in [-0.39, 0.29) is 6.04 Å². The van der Waals surface area contributed by atoms with Gasteiger partial charge in [0.25, 0.3) is 0 Å². The number of hydrogen-bond donors (Lipinski definition) is 1. The average Bonchev–Trinajstić information content (AvgIpc) is 3.04. The van der Waals surface area contributed by atoms with Crippen LogP contribution in [0.25, 0.3) is 5.65 Å². The van der Waals surface area contributed by atoms with Crippen molar-refractivity contribution < 1.29 is 9.47 Å². The van der Waals surface area contributed by atoms with Crippen molar-refractivity contribution in [3.63, 3.8) is 0 Å². The Hall–Kier alpha value is -2.60. The van der Waals surface area contributed by atoms with Gasteiger partial charge in [0.15, 0.2) is 23.0 Å². The Morgan fingerprint density at radius 2 is 2.04 bits per heavy atom. The van der Waals surface area contributed by atoms with Gasteiger partial charge in [0.05, 0.1) is 19.8 Å². The van der Waals surface area contributed by atoms with Crippen LogP contribution >= 0.6 is 0 Å². The van der Waals surface area contributed by atoms with Crippen LogP contribution in [0, 0.1) is 0 Å². The third kappa shape index (κ3) is 3.19. The lowest BCUT2D eigenvalue weighted by atomic mass is 10.1. The first-order chi connectivity index (χ1) is 11.7. The molecule has 0 radical (unpaired) electrons. The highest BCUT2D eigenvalue weighted by Gasteiger charge is 2.15. The number of methoxy groups -OCH3 is 1. The van der Waals surface area contributed by atoms with Gasteiger partial charge in [-0.3, -0.25) is 4.40 Å². The van der Waals surface area contributed by atoms with Crippen molar-refractivity contribution in [3.8, 4) is 11.5 Å². The minimum Gasteiger partial charge on any atom is -0.493 e. The molecule has 0 fully saturated rings. The zero-order chi connectivity index (χ0) is 16.9. The zero-order valence-corrected chi connectivity index (χ0v) is 14.2. The molecule has 24 heavy (non-hydrogen) atoms. The van der Waals surface area contributed by atoms with Gasteiger partial charge >= 0.3 is 0 Å². The van der Waals surface area contributed by atoms with E-state index < -0.39 is 0 Å². The maximum Gasteiger partial charge on any atom is 0.165 e. The van der Waals surface area contributed by atoms with Gasteiger partial charge in [-0.15, -0.1) is 10.2 Å². The number of rotatable bonds is 7. The monoisotopic (exact) mass is 326 g/mol. The molecule has 1 atom stereocenters. The summed E-state index contributed by atoms with van der Waals surface area (Å²) in [6.45, 7) is 5.29. The van der Waals surface area contributed by atoms with Crippen molar-refractivity contribution in [1.29, 1.82) is 0 Å². The van der Waals surface area contributed by atoms with Gasteiger partial charge < -0.3 is 14.8 Å². The van der Waals surface area contributed by atoms with Gasteiger partial charge in [-0.2, -0.15) is 0 Å². The Balaban J connectivity index is 1.77. The normalized spacial score (nSPS) is 12.3. The molecular weight excluding hydrogens is 304 g/mol.